The fourth-order valence-corrected chi connectivity index (χ4v) is 4.58. The minimum Gasteiger partial charge on any atom is -0.396 e. The van der Waals surface area contributed by atoms with Crippen molar-refractivity contribution in [3.05, 3.63) is 23.0 Å². The van der Waals surface area contributed by atoms with Crippen LogP contribution in [0.1, 0.15) is 12.8 Å². The second-order valence-electron chi connectivity index (χ2n) is 5.48. The number of nitrogen functional groups attached to an aromatic ring is 1. The van der Waals surface area contributed by atoms with E-state index in [1.807, 2.05) is 0 Å². The van der Waals surface area contributed by atoms with Crippen LogP contribution in [0.25, 0.3) is 0 Å². The molecule has 1 saturated carbocycles. The van der Waals surface area contributed by atoms with Crippen LogP contribution < -0.4 is 5.73 Å². The molecule has 0 amide bonds. The van der Waals surface area contributed by atoms with Gasteiger partial charge in [-0.2, -0.15) is 4.31 Å². The quantitative estimate of drug-likeness (QED) is 0.852. The van der Waals surface area contributed by atoms with Gasteiger partial charge in [-0.05, 0) is 25.0 Å². The van der Waals surface area contributed by atoms with E-state index in [-0.39, 0.29) is 15.6 Å². The van der Waals surface area contributed by atoms with Gasteiger partial charge in [0.15, 0.2) is 0 Å². The van der Waals surface area contributed by atoms with Crippen molar-refractivity contribution in [2.24, 2.45) is 0 Å². The minimum absolute atomic E-state index is 0.122. The number of hydrogen-bond donors (Lipinski definition) is 1. The highest BCUT2D eigenvalue weighted by molar-refractivity contribution is 7.89. The van der Waals surface area contributed by atoms with E-state index in [2.05, 4.69) is 4.90 Å². The number of rotatable bonds is 3. The molecule has 1 aliphatic carbocycles. The fraction of sp³-hybridized carbons (Fsp3) is 0.538. The number of sulfonamides is 1. The SMILES string of the molecule is Nc1cc(S(=O)(=O)N2CCN(C3CC3)CC2)c(Cl)cc1F. The predicted octanol–water partition coefficient (Wildman–Crippen LogP) is 1.53. The number of hydrogen-bond acceptors (Lipinski definition) is 4. The lowest BCUT2D eigenvalue weighted by molar-refractivity contribution is 0.180. The zero-order valence-corrected chi connectivity index (χ0v) is 13.0. The van der Waals surface area contributed by atoms with E-state index in [1.165, 1.54) is 17.1 Å². The molecule has 0 spiro atoms. The molecule has 0 atom stereocenters. The molecule has 3 rings (SSSR count). The molecule has 8 heteroatoms. The Hall–Kier alpha value is -0.890. The Kier molecular flexibility index (Phi) is 3.85. The number of halogens is 2. The van der Waals surface area contributed by atoms with Crippen molar-refractivity contribution < 1.29 is 12.8 Å². The van der Waals surface area contributed by atoms with Gasteiger partial charge in [-0.3, -0.25) is 4.90 Å². The lowest BCUT2D eigenvalue weighted by atomic mass is 10.3. The second-order valence-corrected chi connectivity index (χ2v) is 7.79. The van der Waals surface area contributed by atoms with E-state index < -0.39 is 15.8 Å². The van der Waals surface area contributed by atoms with Crippen molar-refractivity contribution in [3.8, 4) is 0 Å². The first-order valence-corrected chi connectivity index (χ1v) is 8.70. The Balaban J connectivity index is 1.82. The van der Waals surface area contributed by atoms with Crippen LogP contribution in [0.2, 0.25) is 5.02 Å². The molecule has 1 heterocycles. The van der Waals surface area contributed by atoms with Gasteiger partial charge in [-0.25, -0.2) is 12.8 Å². The van der Waals surface area contributed by atoms with Gasteiger partial charge in [0.1, 0.15) is 10.7 Å². The third kappa shape index (κ3) is 2.88. The van der Waals surface area contributed by atoms with Gasteiger partial charge in [0.25, 0.3) is 0 Å². The van der Waals surface area contributed by atoms with Crippen LogP contribution in [0.15, 0.2) is 17.0 Å². The van der Waals surface area contributed by atoms with E-state index >= 15 is 0 Å². The first-order valence-electron chi connectivity index (χ1n) is 6.88. The average Bonchev–Trinajstić information content (AvgIpc) is 3.27. The van der Waals surface area contributed by atoms with Crippen molar-refractivity contribution in [3.63, 3.8) is 0 Å². The molecular formula is C13H17ClFN3O2S. The Labute approximate surface area is 128 Å². The van der Waals surface area contributed by atoms with Gasteiger partial charge in [0.2, 0.25) is 10.0 Å². The summed E-state index contributed by atoms with van der Waals surface area (Å²) in [5, 5.41) is -0.133. The van der Waals surface area contributed by atoms with Crippen LogP contribution in [0.3, 0.4) is 0 Å². The summed E-state index contributed by atoms with van der Waals surface area (Å²) in [6.07, 6.45) is 2.40. The highest BCUT2D eigenvalue weighted by Gasteiger charge is 2.35. The number of benzene rings is 1. The maximum Gasteiger partial charge on any atom is 0.244 e. The smallest absolute Gasteiger partial charge is 0.244 e. The van der Waals surface area contributed by atoms with Crippen LogP contribution in [0.4, 0.5) is 10.1 Å². The first-order chi connectivity index (χ1) is 9.89. The zero-order chi connectivity index (χ0) is 15.2. The normalized spacial score (nSPS) is 21.6. The van der Waals surface area contributed by atoms with E-state index in [1.54, 1.807) is 0 Å². The molecule has 116 valence electrons. The van der Waals surface area contributed by atoms with E-state index in [4.69, 9.17) is 17.3 Å². The van der Waals surface area contributed by atoms with Crippen LogP contribution in [-0.4, -0.2) is 49.8 Å². The molecule has 1 aliphatic heterocycles. The summed E-state index contributed by atoms with van der Waals surface area (Å²) >= 11 is 5.88. The van der Waals surface area contributed by atoms with E-state index in [0.717, 1.165) is 25.2 Å². The number of anilines is 1. The maximum absolute atomic E-state index is 13.3. The van der Waals surface area contributed by atoms with E-state index in [9.17, 15) is 12.8 Å². The molecule has 2 N–H and O–H groups in total. The van der Waals surface area contributed by atoms with Crippen molar-refractivity contribution in [1.82, 2.24) is 9.21 Å². The summed E-state index contributed by atoms with van der Waals surface area (Å²) in [6, 6.07) is 2.67. The maximum atomic E-state index is 13.3. The van der Waals surface area contributed by atoms with Crippen molar-refractivity contribution in [2.45, 2.75) is 23.8 Å². The predicted molar refractivity (Wildman–Crippen MR) is 79.2 cm³/mol. The highest BCUT2D eigenvalue weighted by atomic mass is 35.5. The van der Waals surface area contributed by atoms with Crippen molar-refractivity contribution >= 4 is 27.3 Å². The summed E-state index contributed by atoms with van der Waals surface area (Å²) in [4.78, 5) is 2.19. The summed E-state index contributed by atoms with van der Waals surface area (Å²) in [6.45, 7) is 2.29. The largest absolute Gasteiger partial charge is 0.396 e. The molecule has 0 aromatic heterocycles. The van der Waals surface area contributed by atoms with Gasteiger partial charge in [-0.1, -0.05) is 11.6 Å². The second kappa shape index (κ2) is 5.39. The number of piperazine rings is 1. The number of nitrogens with zero attached hydrogens (tertiary/aromatic N) is 2. The molecule has 1 aromatic carbocycles. The lowest BCUT2D eigenvalue weighted by Crippen LogP contribution is -2.49. The molecule has 2 fully saturated rings. The zero-order valence-electron chi connectivity index (χ0n) is 11.4. The molecule has 0 radical (unpaired) electrons. The molecule has 2 aliphatic rings. The van der Waals surface area contributed by atoms with Gasteiger partial charge in [0.05, 0.1) is 10.7 Å². The molecule has 1 aromatic rings. The van der Waals surface area contributed by atoms with Gasteiger partial charge >= 0.3 is 0 Å². The van der Waals surface area contributed by atoms with Gasteiger partial charge in [0, 0.05) is 32.2 Å². The van der Waals surface area contributed by atoms with Crippen molar-refractivity contribution in [1.29, 1.82) is 0 Å². The first kappa shape index (κ1) is 15.0. The third-order valence-corrected chi connectivity index (χ3v) is 6.37. The summed E-state index contributed by atoms with van der Waals surface area (Å²) in [7, 11) is -3.73. The van der Waals surface area contributed by atoms with Crippen molar-refractivity contribution in [2.75, 3.05) is 31.9 Å². The Morgan fingerprint density at radius 2 is 1.81 bits per heavy atom. The van der Waals surface area contributed by atoms with Gasteiger partial charge < -0.3 is 5.73 Å². The number of nitrogens with two attached hydrogens (primary N) is 1. The minimum atomic E-state index is -3.73. The summed E-state index contributed by atoms with van der Waals surface area (Å²) < 4.78 is 39.9. The Morgan fingerprint density at radius 3 is 2.38 bits per heavy atom. The molecule has 1 saturated heterocycles. The Morgan fingerprint density at radius 1 is 1.19 bits per heavy atom. The van der Waals surface area contributed by atoms with Crippen LogP contribution in [0.5, 0.6) is 0 Å². The van der Waals surface area contributed by atoms with Crippen LogP contribution >= 0.6 is 11.6 Å². The average molecular weight is 334 g/mol. The van der Waals surface area contributed by atoms with E-state index in [0.29, 0.717) is 19.1 Å². The monoisotopic (exact) mass is 333 g/mol. The summed E-state index contributed by atoms with van der Waals surface area (Å²) in [5.74, 6) is -0.711. The van der Waals surface area contributed by atoms with Crippen LogP contribution in [-0.2, 0) is 10.0 Å². The molecule has 0 bridgehead atoms. The third-order valence-electron chi connectivity index (χ3n) is 4.01. The fourth-order valence-electron chi connectivity index (χ4n) is 2.63. The topological polar surface area (TPSA) is 66.6 Å². The molecule has 5 nitrogen and oxygen atoms in total. The Bertz CT molecular complexity index is 656. The lowest BCUT2D eigenvalue weighted by Gasteiger charge is -2.34. The highest BCUT2D eigenvalue weighted by Crippen LogP contribution is 2.31. The summed E-state index contributed by atoms with van der Waals surface area (Å²) in [5.41, 5.74) is 5.25. The standard InChI is InChI=1S/C13H17ClFN3O2S/c14-10-7-11(15)12(16)8-13(10)21(19,20)18-5-3-17(4-6-18)9-1-2-9/h7-9H,1-6,16H2. The van der Waals surface area contributed by atoms with Gasteiger partial charge in [-0.15, -0.1) is 0 Å². The van der Waals surface area contributed by atoms with Crippen LogP contribution in [0, 0.1) is 5.82 Å². The molecule has 21 heavy (non-hydrogen) atoms. The molecule has 0 unspecified atom stereocenters. The molecular weight excluding hydrogens is 317 g/mol.